The van der Waals surface area contributed by atoms with Gasteiger partial charge in [-0.05, 0) is 17.7 Å². The summed E-state index contributed by atoms with van der Waals surface area (Å²) < 4.78 is 29.5. The topological polar surface area (TPSA) is 148 Å². The Morgan fingerprint density at radius 1 is 1.55 bits per heavy atom. The summed E-state index contributed by atoms with van der Waals surface area (Å²) in [6, 6.07) is 4.03. The zero-order valence-electron chi connectivity index (χ0n) is 10.4. The van der Waals surface area contributed by atoms with Crippen molar-refractivity contribution in [1.29, 1.82) is 0 Å². The largest absolute Gasteiger partial charge is 0.481 e. The highest BCUT2D eigenvalue weighted by molar-refractivity contribution is 7.90. The number of hydrogen-bond acceptors (Lipinski definition) is 5. The van der Waals surface area contributed by atoms with E-state index >= 15 is 0 Å². The minimum absolute atomic E-state index is 0.215. The second-order valence-corrected chi connectivity index (χ2v) is 5.81. The zero-order valence-corrected chi connectivity index (χ0v) is 11.3. The summed E-state index contributed by atoms with van der Waals surface area (Å²) in [7, 11) is -3.89. The fourth-order valence-corrected chi connectivity index (χ4v) is 2.35. The fraction of sp³-hybridized carbons (Fsp3) is 0.364. The lowest BCUT2D eigenvalue weighted by Gasteiger charge is -2.14. The number of anilines is 1. The number of carbonyl (C=O) groups is 1. The van der Waals surface area contributed by atoms with E-state index in [1.54, 1.807) is 12.1 Å². The average Bonchev–Trinajstić information content (AvgIpc) is 3.10. The van der Waals surface area contributed by atoms with E-state index < -0.39 is 22.2 Å². The second kappa shape index (κ2) is 5.37. The normalized spacial score (nSPS) is 19.4. The Labute approximate surface area is 115 Å². The Kier molecular flexibility index (Phi) is 3.95. The Hall–Kier alpha value is -1.68. The van der Waals surface area contributed by atoms with Crippen LogP contribution in [0.4, 0.5) is 5.69 Å². The first-order valence-electron chi connectivity index (χ1n) is 5.79. The molecule has 1 aromatic carbocycles. The van der Waals surface area contributed by atoms with Crippen LogP contribution in [0, 0.1) is 0 Å². The third kappa shape index (κ3) is 3.90. The van der Waals surface area contributed by atoms with E-state index in [-0.39, 0.29) is 12.5 Å². The summed E-state index contributed by atoms with van der Waals surface area (Å²) >= 11 is 0. The van der Waals surface area contributed by atoms with Gasteiger partial charge in [0.1, 0.15) is 6.10 Å². The number of rotatable bonds is 6. The van der Waals surface area contributed by atoms with Crippen LogP contribution in [0.5, 0.6) is 0 Å². The van der Waals surface area contributed by atoms with Gasteiger partial charge < -0.3 is 15.6 Å². The minimum Gasteiger partial charge on any atom is -0.481 e. The molecule has 1 heterocycles. The number of aliphatic carboxylic acids is 1. The molecule has 2 unspecified atom stereocenters. The second-order valence-electron chi connectivity index (χ2n) is 4.52. The molecule has 20 heavy (non-hydrogen) atoms. The van der Waals surface area contributed by atoms with Crippen molar-refractivity contribution < 1.29 is 23.1 Å². The number of benzene rings is 1. The Balaban J connectivity index is 2.30. The zero-order chi connectivity index (χ0) is 14.9. The van der Waals surface area contributed by atoms with Gasteiger partial charge in [0, 0.05) is 11.6 Å². The predicted molar refractivity (Wildman–Crippen MR) is 71.0 cm³/mol. The summed E-state index contributed by atoms with van der Waals surface area (Å²) in [5.41, 5.74) is 7.27. The molecule has 8 nitrogen and oxygen atoms in total. The van der Waals surface area contributed by atoms with Crippen LogP contribution >= 0.6 is 0 Å². The summed E-state index contributed by atoms with van der Waals surface area (Å²) in [5, 5.41) is 13.7. The number of hydrogen-bond donors (Lipinski definition) is 4. The van der Waals surface area contributed by atoms with E-state index in [4.69, 9.17) is 20.7 Å². The van der Waals surface area contributed by atoms with E-state index in [0.717, 1.165) is 0 Å². The first kappa shape index (κ1) is 14.7. The lowest BCUT2D eigenvalue weighted by atomic mass is 9.99. The molecule has 0 bridgehead atoms. The molecule has 6 N–H and O–H groups in total. The molecule has 1 fully saturated rings. The maximum absolute atomic E-state index is 11.1. The molecule has 1 aliphatic heterocycles. The third-order valence-electron chi connectivity index (χ3n) is 2.83. The molecule has 2 rings (SSSR count). The lowest BCUT2D eigenvalue weighted by molar-refractivity contribution is -0.137. The lowest BCUT2D eigenvalue weighted by Crippen LogP contribution is -2.22. The van der Waals surface area contributed by atoms with E-state index in [0.29, 0.717) is 23.4 Å². The van der Waals surface area contributed by atoms with Crippen molar-refractivity contribution in [3.05, 3.63) is 29.3 Å². The number of carboxylic acid groups (broad SMARTS) is 1. The number of carboxylic acids is 1. The van der Waals surface area contributed by atoms with Gasteiger partial charge in [0.05, 0.1) is 18.7 Å². The number of ether oxygens (including phenoxy) is 1. The van der Waals surface area contributed by atoms with Gasteiger partial charge in [-0.25, -0.2) is 5.14 Å². The van der Waals surface area contributed by atoms with E-state index in [2.05, 4.69) is 4.72 Å². The SMILES string of the molecule is NC(CC(=O)O)c1ccc(NS(N)(=O)=O)c(C2CO2)c1. The van der Waals surface area contributed by atoms with Crippen molar-refractivity contribution in [2.75, 3.05) is 11.3 Å². The highest BCUT2D eigenvalue weighted by Gasteiger charge is 2.29. The maximum atomic E-state index is 11.1. The molecule has 0 radical (unpaired) electrons. The van der Waals surface area contributed by atoms with Crippen LogP contribution in [0.1, 0.15) is 29.7 Å². The number of nitrogens with one attached hydrogen (secondary N) is 1. The van der Waals surface area contributed by atoms with Gasteiger partial charge in [0.2, 0.25) is 0 Å². The molecule has 0 aliphatic carbocycles. The van der Waals surface area contributed by atoms with Crippen molar-refractivity contribution in [2.24, 2.45) is 10.9 Å². The van der Waals surface area contributed by atoms with Gasteiger partial charge in [-0.3, -0.25) is 9.52 Å². The number of nitrogens with two attached hydrogens (primary N) is 2. The molecule has 1 saturated heterocycles. The fourth-order valence-electron chi connectivity index (χ4n) is 1.86. The van der Waals surface area contributed by atoms with Crippen LogP contribution in [0.3, 0.4) is 0 Å². The van der Waals surface area contributed by atoms with Crippen LogP contribution in [0.25, 0.3) is 0 Å². The van der Waals surface area contributed by atoms with Gasteiger partial charge in [-0.15, -0.1) is 0 Å². The molecule has 0 saturated carbocycles. The van der Waals surface area contributed by atoms with Crippen LogP contribution in [-0.2, 0) is 19.7 Å². The molecule has 110 valence electrons. The summed E-state index contributed by atoms with van der Waals surface area (Å²) in [6.45, 7) is 0.469. The molecule has 1 aromatic rings. The highest BCUT2D eigenvalue weighted by atomic mass is 32.2. The van der Waals surface area contributed by atoms with Gasteiger partial charge in [-0.2, -0.15) is 8.42 Å². The Bertz CT molecular complexity index is 627. The maximum Gasteiger partial charge on any atom is 0.305 e. The first-order valence-corrected chi connectivity index (χ1v) is 7.34. The smallest absolute Gasteiger partial charge is 0.305 e. The van der Waals surface area contributed by atoms with Gasteiger partial charge in [0.25, 0.3) is 10.2 Å². The quantitative estimate of drug-likeness (QED) is 0.537. The van der Waals surface area contributed by atoms with Crippen molar-refractivity contribution in [3.8, 4) is 0 Å². The van der Waals surface area contributed by atoms with Crippen molar-refractivity contribution in [1.82, 2.24) is 0 Å². The van der Waals surface area contributed by atoms with Gasteiger partial charge in [0.15, 0.2) is 0 Å². The molecular weight excluding hydrogens is 286 g/mol. The number of epoxide rings is 1. The van der Waals surface area contributed by atoms with Gasteiger partial charge in [-0.1, -0.05) is 6.07 Å². The van der Waals surface area contributed by atoms with Crippen LogP contribution in [-0.4, -0.2) is 26.1 Å². The first-order chi connectivity index (χ1) is 9.26. The third-order valence-corrected chi connectivity index (χ3v) is 3.34. The minimum atomic E-state index is -3.89. The molecule has 2 atom stereocenters. The van der Waals surface area contributed by atoms with E-state index in [1.165, 1.54) is 6.07 Å². The standard InChI is InChI=1S/C11H15N3O5S/c12-8(4-11(15)16)6-1-2-9(14-20(13,17)18)7(3-6)10-5-19-10/h1-3,8,10,14H,4-5,12H2,(H,15,16)(H2,13,17,18). The van der Waals surface area contributed by atoms with Gasteiger partial charge >= 0.3 is 5.97 Å². The molecule has 0 aromatic heterocycles. The Morgan fingerprint density at radius 3 is 2.70 bits per heavy atom. The summed E-state index contributed by atoms with van der Waals surface area (Å²) in [5.74, 6) is -1.01. The van der Waals surface area contributed by atoms with E-state index in [1.807, 2.05) is 0 Å². The molecule has 1 aliphatic rings. The predicted octanol–water partition coefficient (Wildman–Crippen LogP) is -0.152. The van der Waals surface area contributed by atoms with Crippen LogP contribution in [0.2, 0.25) is 0 Å². The summed E-state index contributed by atoms with van der Waals surface area (Å²) in [4.78, 5) is 10.7. The highest BCUT2D eigenvalue weighted by Crippen LogP contribution is 2.36. The van der Waals surface area contributed by atoms with Crippen molar-refractivity contribution in [3.63, 3.8) is 0 Å². The molecule has 0 amide bonds. The monoisotopic (exact) mass is 301 g/mol. The Morgan fingerprint density at radius 2 is 2.20 bits per heavy atom. The molecule has 0 spiro atoms. The molecule has 9 heteroatoms. The van der Waals surface area contributed by atoms with Crippen molar-refractivity contribution >= 4 is 21.9 Å². The summed E-state index contributed by atoms with van der Waals surface area (Å²) in [6.07, 6.45) is -0.441. The van der Waals surface area contributed by atoms with Crippen LogP contribution in [0.15, 0.2) is 18.2 Å². The molecular formula is C11H15N3O5S. The van der Waals surface area contributed by atoms with Crippen molar-refractivity contribution in [2.45, 2.75) is 18.6 Å². The van der Waals surface area contributed by atoms with Crippen LogP contribution < -0.4 is 15.6 Å². The average molecular weight is 301 g/mol. The van der Waals surface area contributed by atoms with E-state index in [9.17, 15) is 13.2 Å².